The first-order valence-corrected chi connectivity index (χ1v) is 13.3. The maximum atomic E-state index is 14.1. The second kappa shape index (κ2) is 9.79. The van der Waals surface area contributed by atoms with Crippen molar-refractivity contribution >= 4 is 29.1 Å². The SMILES string of the molecule is CC(C)(C)C[C@H](NC(=O)C(Nc1ccccc1)C1CC1)C(=O)N1C[C@]2(C[C@H]1C#N)C(=O)Nc1ccccc12. The van der Waals surface area contributed by atoms with Crippen molar-refractivity contribution in [3.63, 3.8) is 0 Å². The molecule has 2 aliphatic heterocycles. The number of hydrogen-bond acceptors (Lipinski definition) is 5. The Hall–Kier alpha value is -3.86. The molecule has 1 spiro atoms. The molecule has 1 saturated carbocycles. The average molecular weight is 514 g/mol. The first-order chi connectivity index (χ1) is 18.1. The lowest BCUT2D eigenvalue weighted by Crippen LogP contribution is -2.55. The van der Waals surface area contributed by atoms with Gasteiger partial charge in [-0.15, -0.1) is 0 Å². The van der Waals surface area contributed by atoms with E-state index in [0.717, 1.165) is 29.8 Å². The highest BCUT2D eigenvalue weighted by Gasteiger charge is 2.56. The minimum absolute atomic E-state index is 0.109. The smallest absolute Gasteiger partial charge is 0.246 e. The van der Waals surface area contributed by atoms with Crippen LogP contribution in [0, 0.1) is 22.7 Å². The van der Waals surface area contributed by atoms with Crippen LogP contribution in [0.25, 0.3) is 0 Å². The van der Waals surface area contributed by atoms with Gasteiger partial charge in [0.05, 0.1) is 11.5 Å². The monoisotopic (exact) mass is 513 g/mol. The predicted octanol–water partition coefficient (Wildman–Crippen LogP) is 3.81. The van der Waals surface area contributed by atoms with Crippen LogP contribution in [0.1, 0.15) is 52.0 Å². The molecule has 3 amide bonds. The molecule has 1 aliphatic carbocycles. The van der Waals surface area contributed by atoms with Gasteiger partial charge in [0.15, 0.2) is 0 Å². The number of nitriles is 1. The number of rotatable bonds is 7. The molecule has 3 N–H and O–H groups in total. The van der Waals surface area contributed by atoms with Gasteiger partial charge < -0.3 is 20.9 Å². The number of anilines is 2. The highest BCUT2D eigenvalue weighted by atomic mass is 16.2. The maximum Gasteiger partial charge on any atom is 0.246 e. The third-order valence-corrected chi connectivity index (χ3v) is 7.82. The Labute approximate surface area is 223 Å². The maximum absolute atomic E-state index is 14.1. The molecule has 1 saturated heterocycles. The second-order valence-corrected chi connectivity index (χ2v) is 12.0. The van der Waals surface area contributed by atoms with E-state index in [-0.39, 0.29) is 42.0 Å². The van der Waals surface area contributed by atoms with Gasteiger partial charge in [-0.25, -0.2) is 0 Å². The summed E-state index contributed by atoms with van der Waals surface area (Å²) >= 11 is 0. The Kier molecular flexibility index (Phi) is 6.64. The Morgan fingerprint density at radius 1 is 1.13 bits per heavy atom. The summed E-state index contributed by atoms with van der Waals surface area (Å²) in [7, 11) is 0. The summed E-state index contributed by atoms with van der Waals surface area (Å²) in [5.74, 6) is -0.513. The Morgan fingerprint density at radius 2 is 1.82 bits per heavy atom. The summed E-state index contributed by atoms with van der Waals surface area (Å²) in [6, 6.07) is 17.3. The van der Waals surface area contributed by atoms with Crippen LogP contribution in [0.15, 0.2) is 54.6 Å². The summed E-state index contributed by atoms with van der Waals surface area (Å²) in [5, 5.41) is 19.3. The molecular formula is C30H35N5O3. The fourth-order valence-electron chi connectivity index (χ4n) is 5.80. The summed E-state index contributed by atoms with van der Waals surface area (Å²) in [6.07, 6.45) is 2.55. The molecule has 0 bridgehead atoms. The standard InChI is InChI=1S/C30H35N5O3/c1-29(2,3)16-24(33-26(36)25(19-13-14-19)32-20-9-5-4-6-10-20)27(37)35-18-30(15-21(35)17-31)22-11-7-8-12-23(22)34-28(30)38/h4-12,19,21,24-25,32H,13-16,18H2,1-3H3,(H,33,36)(H,34,38)/t21-,24-,25?,30-/m0/s1. The first kappa shape index (κ1) is 25.8. The van der Waals surface area contributed by atoms with Gasteiger partial charge in [-0.1, -0.05) is 57.2 Å². The van der Waals surface area contributed by atoms with E-state index in [1.165, 1.54) is 4.90 Å². The van der Waals surface area contributed by atoms with Crippen LogP contribution in [0.2, 0.25) is 0 Å². The number of nitrogens with zero attached hydrogens (tertiary/aromatic N) is 2. The van der Waals surface area contributed by atoms with Crippen molar-refractivity contribution in [1.82, 2.24) is 10.2 Å². The summed E-state index contributed by atoms with van der Waals surface area (Å²) < 4.78 is 0. The fourth-order valence-corrected chi connectivity index (χ4v) is 5.80. The van der Waals surface area contributed by atoms with Gasteiger partial charge in [0.25, 0.3) is 0 Å². The van der Waals surface area contributed by atoms with Crippen LogP contribution in [0.4, 0.5) is 11.4 Å². The quantitative estimate of drug-likeness (QED) is 0.521. The number of benzene rings is 2. The summed E-state index contributed by atoms with van der Waals surface area (Å²) in [4.78, 5) is 42.3. The fraction of sp³-hybridized carbons (Fsp3) is 0.467. The minimum Gasteiger partial charge on any atom is -0.373 e. The van der Waals surface area contributed by atoms with E-state index in [0.29, 0.717) is 6.42 Å². The van der Waals surface area contributed by atoms with Crippen LogP contribution in [-0.2, 0) is 19.8 Å². The zero-order chi connectivity index (χ0) is 27.1. The molecule has 0 aromatic heterocycles. The molecule has 198 valence electrons. The number of carbonyl (C=O) groups excluding carboxylic acids is 3. The Morgan fingerprint density at radius 3 is 2.47 bits per heavy atom. The van der Waals surface area contributed by atoms with Crippen molar-refractivity contribution in [2.24, 2.45) is 11.3 Å². The van der Waals surface area contributed by atoms with E-state index in [4.69, 9.17) is 0 Å². The van der Waals surface area contributed by atoms with Crippen LogP contribution >= 0.6 is 0 Å². The molecule has 38 heavy (non-hydrogen) atoms. The van der Waals surface area contributed by atoms with E-state index < -0.39 is 23.5 Å². The van der Waals surface area contributed by atoms with Crippen LogP contribution in [0.5, 0.6) is 0 Å². The number of amides is 3. The molecule has 8 heteroatoms. The molecule has 4 atom stereocenters. The number of nitrogens with one attached hydrogen (secondary N) is 3. The zero-order valence-corrected chi connectivity index (χ0v) is 22.2. The molecular weight excluding hydrogens is 478 g/mol. The van der Waals surface area contributed by atoms with Gasteiger partial charge in [0, 0.05) is 24.3 Å². The lowest BCUT2D eigenvalue weighted by Gasteiger charge is -2.32. The van der Waals surface area contributed by atoms with Crippen molar-refractivity contribution in [3.8, 4) is 6.07 Å². The van der Waals surface area contributed by atoms with E-state index in [1.807, 2.05) is 75.4 Å². The third-order valence-electron chi connectivity index (χ3n) is 7.82. The van der Waals surface area contributed by atoms with Crippen molar-refractivity contribution in [2.45, 2.75) is 70.0 Å². The van der Waals surface area contributed by atoms with Crippen LogP contribution < -0.4 is 16.0 Å². The van der Waals surface area contributed by atoms with Crippen molar-refractivity contribution in [1.29, 1.82) is 5.26 Å². The second-order valence-electron chi connectivity index (χ2n) is 12.0. The van der Waals surface area contributed by atoms with Crippen molar-refractivity contribution in [2.75, 3.05) is 17.2 Å². The van der Waals surface area contributed by atoms with Crippen LogP contribution in [0.3, 0.4) is 0 Å². The van der Waals surface area contributed by atoms with Crippen molar-refractivity contribution in [3.05, 3.63) is 60.2 Å². The largest absolute Gasteiger partial charge is 0.373 e. The van der Waals surface area contributed by atoms with Gasteiger partial charge in [-0.2, -0.15) is 5.26 Å². The molecule has 2 aromatic rings. The van der Waals surface area contributed by atoms with E-state index >= 15 is 0 Å². The molecule has 8 nitrogen and oxygen atoms in total. The highest BCUT2D eigenvalue weighted by Crippen LogP contribution is 2.46. The Bertz CT molecular complexity index is 1280. The van der Waals surface area contributed by atoms with Gasteiger partial charge in [0.2, 0.25) is 17.7 Å². The highest BCUT2D eigenvalue weighted by molar-refractivity contribution is 6.07. The lowest BCUT2D eigenvalue weighted by molar-refractivity contribution is -0.138. The summed E-state index contributed by atoms with van der Waals surface area (Å²) in [6.45, 7) is 6.17. The molecule has 2 heterocycles. The van der Waals surface area contributed by atoms with E-state index in [1.54, 1.807) is 0 Å². The minimum atomic E-state index is -0.964. The van der Waals surface area contributed by atoms with Gasteiger partial charge in [-0.3, -0.25) is 14.4 Å². The van der Waals surface area contributed by atoms with Crippen LogP contribution in [-0.4, -0.2) is 47.3 Å². The van der Waals surface area contributed by atoms with E-state index in [9.17, 15) is 19.6 Å². The molecule has 0 radical (unpaired) electrons. The Balaban J connectivity index is 1.39. The average Bonchev–Trinajstić information content (AvgIpc) is 3.59. The molecule has 5 rings (SSSR count). The molecule has 2 fully saturated rings. The lowest BCUT2D eigenvalue weighted by atomic mass is 9.80. The third kappa shape index (κ3) is 4.98. The normalized spacial score (nSPS) is 23.8. The summed E-state index contributed by atoms with van der Waals surface area (Å²) in [5.41, 5.74) is 1.18. The molecule has 3 aliphatic rings. The number of carbonyl (C=O) groups is 3. The number of likely N-dealkylation sites (tertiary alicyclic amines) is 1. The van der Waals surface area contributed by atoms with Gasteiger partial charge >= 0.3 is 0 Å². The zero-order valence-electron chi connectivity index (χ0n) is 22.2. The number of para-hydroxylation sites is 2. The first-order valence-electron chi connectivity index (χ1n) is 13.3. The van der Waals surface area contributed by atoms with Gasteiger partial charge in [0.1, 0.15) is 18.1 Å². The topological polar surface area (TPSA) is 114 Å². The number of fused-ring (bicyclic) bond motifs is 2. The number of hydrogen-bond donors (Lipinski definition) is 3. The van der Waals surface area contributed by atoms with Crippen molar-refractivity contribution < 1.29 is 14.4 Å². The van der Waals surface area contributed by atoms with Gasteiger partial charge in [-0.05, 0) is 54.4 Å². The van der Waals surface area contributed by atoms with E-state index in [2.05, 4.69) is 22.0 Å². The predicted molar refractivity (Wildman–Crippen MR) is 145 cm³/mol. The molecule has 1 unspecified atom stereocenters. The molecule has 2 aromatic carbocycles.